The van der Waals surface area contributed by atoms with Crippen molar-refractivity contribution in [2.75, 3.05) is 5.32 Å². The van der Waals surface area contributed by atoms with E-state index in [4.69, 9.17) is 11.6 Å². The molecule has 0 unspecified atom stereocenters. The SMILES string of the molecule is O=C(Nc1ccc(Cl)cc1)c1cc(Br)cs1. The number of nitrogens with one attached hydrogen (secondary N) is 1. The molecule has 0 fully saturated rings. The monoisotopic (exact) mass is 315 g/mol. The van der Waals surface area contributed by atoms with Crippen LogP contribution in [0.1, 0.15) is 9.67 Å². The number of thiophene rings is 1. The number of hydrogen-bond acceptors (Lipinski definition) is 2. The average Bonchev–Trinajstić information content (AvgIpc) is 2.68. The number of halogens is 2. The second-order valence-electron chi connectivity index (χ2n) is 3.09. The Bertz CT molecular complexity index is 509. The highest BCUT2D eigenvalue weighted by Gasteiger charge is 2.08. The highest BCUT2D eigenvalue weighted by molar-refractivity contribution is 9.10. The van der Waals surface area contributed by atoms with Crippen molar-refractivity contribution in [3.8, 4) is 0 Å². The van der Waals surface area contributed by atoms with Crippen LogP contribution in [0.3, 0.4) is 0 Å². The fraction of sp³-hybridized carbons (Fsp3) is 0. The van der Waals surface area contributed by atoms with Gasteiger partial charge in [-0.05, 0) is 46.3 Å². The van der Waals surface area contributed by atoms with Gasteiger partial charge in [0, 0.05) is 20.6 Å². The third-order valence-electron chi connectivity index (χ3n) is 1.89. The number of anilines is 1. The molecule has 1 heterocycles. The Balaban J connectivity index is 2.10. The Morgan fingerprint density at radius 2 is 2.00 bits per heavy atom. The summed E-state index contributed by atoms with van der Waals surface area (Å²) in [5.41, 5.74) is 0.735. The van der Waals surface area contributed by atoms with Crippen LogP contribution < -0.4 is 5.32 Å². The van der Waals surface area contributed by atoms with Crippen molar-refractivity contribution in [1.82, 2.24) is 0 Å². The van der Waals surface area contributed by atoms with Crippen molar-refractivity contribution >= 4 is 50.5 Å². The summed E-state index contributed by atoms with van der Waals surface area (Å²) in [5.74, 6) is -0.113. The topological polar surface area (TPSA) is 29.1 Å². The Morgan fingerprint density at radius 1 is 1.31 bits per heavy atom. The van der Waals surface area contributed by atoms with Crippen molar-refractivity contribution in [3.63, 3.8) is 0 Å². The van der Waals surface area contributed by atoms with Crippen LogP contribution in [-0.2, 0) is 0 Å². The predicted molar refractivity (Wildman–Crippen MR) is 71.4 cm³/mol. The van der Waals surface area contributed by atoms with Crippen LogP contribution in [0, 0.1) is 0 Å². The van der Waals surface area contributed by atoms with Crippen molar-refractivity contribution < 1.29 is 4.79 Å². The molecule has 0 radical (unpaired) electrons. The zero-order chi connectivity index (χ0) is 11.5. The standard InChI is InChI=1S/C11H7BrClNOS/c12-7-5-10(16-6-7)11(15)14-9-3-1-8(13)2-4-9/h1-6H,(H,14,15). The summed E-state index contributed by atoms with van der Waals surface area (Å²) in [6.45, 7) is 0. The van der Waals surface area contributed by atoms with E-state index in [-0.39, 0.29) is 5.91 Å². The summed E-state index contributed by atoms with van der Waals surface area (Å²) in [4.78, 5) is 12.4. The van der Waals surface area contributed by atoms with Gasteiger partial charge in [-0.2, -0.15) is 0 Å². The number of carbonyl (C=O) groups is 1. The molecule has 0 aliphatic carbocycles. The fourth-order valence-corrected chi connectivity index (χ4v) is 2.61. The Labute approximate surface area is 110 Å². The minimum absolute atomic E-state index is 0.113. The maximum Gasteiger partial charge on any atom is 0.265 e. The third-order valence-corrected chi connectivity index (χ3v) is 3.84. The summed E-state index contributed by atoms with van der Waals surface area (Å²) >= 11 is 10.5. The van der Waals surface area contributed by atoms with E-state index in [1.807, 2.05) is 5.38 Å². The van der Waals surface area contributed by atoms with E-state index in [0.29, 0.717) is 9.90 Å². The molecule has 0 aliphatic heterocycles. The van der Waals surface area contributed by atoms with Crippen LogP contribution in [-0.4, -0.2) is 5.91 Å². The first-order valence-electron chi connectivity index (χ1n) is 4.46. The van der Waals surface area contributed by atoms with Crippen LogP contribution >= 0.6 is 38.9 Å². The largest absolute Gasteiger partial charge is 0.321 e. The van der Waals surface area contributed by atoms with Gasteiger partial charge in [-0.25, -0.2) is 0 Å². The highest BCUT2D eigenvalue weighted by Crippen LogP contribution is 2.21. The average molecular weight is 317 g/mol. The van der Waals surface area contributed by atoms with Gasteiger partial charge in [0.05, 0.1) is 4.88 Å². The first kappa shape index (κ1) is 11.6. The lowest BCUT2D eigenvalue weighted by Crippen LogP contribution is -2.09. The number of benzene rings is 1. The van der Waals surface area contributed by atoms with Crippen LogP contribution in [0.25, 0.3) is 0 Å². The number of amides is 1. The molecule has 0 saturated heterocycles. The van der Waals surface area contributed by atoms with E-state index in [9.17, 15) is 4.79 Å². The molecular weight excluding hydrogens is 310 g/mol. The van der Waals surface area contributed by atoms with Gasteiger partial charge in [-0.15, -0.1) is 11.3 Å². The maximum atomic E-state index is 11.8. The second kappa shape index (κ2) is 4.99. The van der Waals surface area contributed by atoms with Crippen molar-refractivity contribution in [3.05, 3.63) is 50.1 Å². The lowest BCUT2D eigenvalue weighted by molar-refractivity contribution is 0.103. The molecule has 2 aromatic rings. The molecule has 1 aromatic carbocycles. The molecule has 1 N–H and O–H groups in total. The van der Waals surface area contributed by atoms with E-state index in [1.54, 1.807) is 30.3 Å². The highest BCUT2D eigenvalue weighted by atomic mass is 79.9. The molecule has 2 nitrogen and oxygen atoms in total. The van der Waals surface area contributed by atoms with Crippen LogP contribution in [0.2, 0.25) is 5.02 Å². The Hall–Kier alpha value is -0.840. The van der Waals surface area contributed by atoms with Gasteiger partial charge >= 0.3 is 0 Å². The third kappa shape index (κ3) is 2.84. The Kier molecular flexibility index (Phi) is 3.63. The molecular formula is C11H7BrClNOS. The molecule has 5 heteroatoms. The van der Waals surface area contributed by atoms with E-state index in [1.165, 1.54) is 11.3 Å². The fourth-order valence-electron chi connectivity index (χ4n) is 1.16. The van der Waals surface area contributed by atoms with E-state index >= 15 is 0 Å². The molecule has 0 atom stereocenters. The molecule has 82 valence electrons. The number of carbonyl (C=O) groups excluding carboxylic acids is 1. The zero-order valence-corrected chi connectivity index (χ0v) is 11.2. The first-order chi connectivity index (χ1) is 7.65. The van der Waals surface area contributed by atoms with E-state index in [2.05, 4.69) is 21.2 Å². The van der Waals surface area contributed by atoms with Gasteiger partial charge in [-0.3, -0.25) is 4.79 Å². The minimum Gasteiger partial charge on any atom is -0.321 e. The molecule has 0 aliphatic rings. The summed E-state index contributed by atoms with van der Waals surface area (Å²) in [7, 11) is 0. The minimum atomic E-state index is -0.113. The quantitative estimate of drug-likeness (QED) is 0.873. The lowest BCUT2D eigenvalue weighted by Gasteiger charge is -2.02. The lowest BCUT2D eigenvalue weighted by atomic mass is 10.3. The van der Waals surface area contributed by atoms with Gasteiger partial charge in [0.15, 0.2) is 0 Å². The van der Waals surface area contributed by atoms with Gasteiger partial charge in [0.1, 0.15) is 0 Å². The van der Waals surface area contributed by atoms with Crippen molar-refractivity contribution in [1.29, 1.82) is 0 Å². The number of rotatable bonds is 2. The van der Waals surface area contributed by atoms with Crippen molar-refractivity contribution in [2.24, 2.45) is 0 Å². The molecule has 1 amide bonds. The van der Waals surface area contributed by atoms with Crippen LogP contribution in [0.5, 0.6) is 0 Å². The summed E-state index contributed by atoms with van der Waals surface area (Å²) in [5, 5.41) is 5.31. The number of hydrogen-bond donors (Lipinski definition) is 1. The molecule has 0 bridgehead atoms. The van der Waals surface area contributed by atoms with Crippen LogP contribution in [0.4, 0.5) is 5.69 Å². The second-order valence-corrected chi connectivity index (χ2v) is 5.35. The summed E-state index contributed by atoms with van der Waals surface area (Å²) in [6.07, 6.45) is 0. The van der Waals surface area contributed by atoms with Gasteiger partial charge in [0.2, 0.25) is 0 Å². The van der Waals surface area contributed by atoms with Gasteiger partial charge in [0.25, 0.3) is 5.91 Å². The predicted octanol–water partition coefficient (Wildman–Crippen LogP) is 4.42. The van der Waals surface area contributed by atoms with Gasteiger partial charge in [-0.1, -0.05) is 11.6 Å². The zero-order valence-electron chi connectivity index (χ0n) is 8.04. The maximum absolute atomic E-state index is 11.8. The summed E-state index contributed by atoms with van der Waals surface area (Å²) in [6, 6.07) is 8.80. The molecule has 2 rings (SSSR count). The van der Waals surface area contributed by atoms with Crippen molar-refractivity contribution in [2.45, 2.75) is 0 Å². The first-order valence-corrected chi connectivity index (χ1v) is 6.51. The smallest absolute Gasteiger partial charge is 0.265 e. The molecule has 0 saturated carbocycles. The van der Waals surface area contributed by atoms with E-state index < -0.39 is 0 Å². The Morgan fingerprint density at radius 3 is 2.56 bits per heavy atom. The molecule has 1 aromatic heterocycles. The van der Waals surface area contributed by atoms with Crippen LogP contribution in [0.15, 0.2) is 40.2 Å². The summed E-state index contributed by atoms with van der Waals surface area (Å²) < 4.78 is 0.916. The normalized spacial score (nSPS) is 10.1. The molecule has 16 heavy (non-hydrogen) atoms. The van der Waals surface area contributed by atoms with E-state index in [0.717, 1.165) is 10.2 Å². The molecule has 0 spiro atoms. The van der Waals surface area contributed by atoms with Gasteiger partial charge < -0.3 is 5.32 Å².